The van der Waals surface area contributed by atoms with Gasteiger partial charge in [0, 0.05) is 22.9 Å². The number of anilines is 1. The van der Waals surface area contributed by atoms with Crippen LogP contribution in [-0.4, -0.2) is 34.7 Å². The van der Waals surface area contributed by atoms with Gasteiger partial charge in [-0.1, -0.05) is 20.3 Å². The van der Waals surface area contributed by atoms with Crippen molar-refractivity contribution in [2.75, 3.05) is 5.32 Å². The molecule has 1 rings (SSSR count). The number of carboxylic acid groups (broad SMARTS) is 1. The molecule has 0 aliphatic heterocycles. The van der Waals surface area contributed by atoms with E-state index in [0.29, 0.717) is 17.7 Å². The van der Waals surface area contributed by atoms with E-state index >= 15 is 0 Å². The van der Waals surface area contributed by atoms with Crippen LogP contribution in [0.25, 0.3) is 0 Å². The minimum Gasteiger partial charge on any atom is -0.480 e. The number of carbonyl (C=O) groups excluding carboxylic acids is 3. The summed E-state index contributed by atoms with van der Waals surface area (Å²) in [5.41, 5.74) is 1.14. The first kappa shape index (κ1) is 21.1. The highest BCUT2D eigenvalue weighted by molar-refractivity contribution is 6.07. The van der Waals surface area contributed by atoms with Crippen LogP contribution in [0.2, 0.25) is 0 Å². The highest BCUT2D eigenvalue weighted by atomic mass is 16.4. The fraction of sp³-hybridized carbons (Fsp3) is 0.368. The van der Waals surface area contributed by atoms with E-state index in [2.05, 4.69) is 10.6 Å². The van der Waals surface area contributed by atoms with E-state index in [1.165, 1.54) is 13.8 Å². The molecule has 2 unspecified atom stereocenters. The summed E-state index contributed by atoms with van der Waals surface area (Å²) in [6.07, 6.45) is 1.66. The molecule has 0 fully saturated rings. The zero-order valence-corrected chi connectivity index (χ0v) is 15.3. The number of Topliss-reactive ketones (excluding diaryl/α,β-unsaturated/α-hetero) is 1. The van der Waals surface area contributed by atoms with Crippen LogP contribution >= 0.6 is 0 Å². The summed E-state index contributed by atoms with van der Waals surface area (Å²) in [6, 6.07) is 5.34. The molecule has 0 spiro atoms. The average Bonchev–Trinajstić information content (AvgIpc) is 2.59. The number of amides is 2. The third-order valence-electron chi connectivity index (χ3n) is 4.03. The van der Waals surface area contributed by atoms with Gasteiger partial charge in [-0.3, -0.25) is 14.4 Å². The summed E-state index contributed by atoms with van der Waals surface area (Å²) in [6.45, 7) is 6.46. The van der Waals surface area contributed by atoms with Gasteiger partial charge in [-0.05, 0) is 44.0 Å². The zero-order chi connectivity index (χ0) is 19.9. The lowest BCUT2D eigenvalue weighted by molar-refractivity contribution is -0.142. The van der Waals surface area contributed by atoms with Crippen molar-refractivity contribution in [3.05, 3.63) is 41.5 Å². The number of carboxylic acids is 1. The summed E-state index contributed by atoms with van der Waals surface area (Å²) >= 11 is 0. The van der Waals surface area contributed by atoms with Crippen molar-refractivity contribution < 1.29 is 24.3 Å². The van der Waals surface area contributed by atoms with Crippen LogP contribution in [0.5, 0.6) is 0 Å². The zero-order valence-electron chi connectivity index (χ0n) is 15.3. The molecule has 0 aromatic heterocycles. The summed E-state index contributed by atoms with van der Waals surface area (Å²) in [5.74, 6) is -2.57. The van der Waals surface area contributed by atoms with Gasteiger partial charge in [0.05, 0.1) is 0 Å². The van der Waals surface area contributed by atoms with E-state index < -0.39 is 23.8 Å². The average molecular weight is 360 g/mol. The van der Waals surface area contributed by atoms with Crippen molar-refractivity contribution in [1.82, 2.24) is 5.32 Å². The van der Waals surface area contributed by atoms with Crippen molar-refractivity contribution >= 4 is 29.3 Å². The van der Waals surface area contributed by atoms with Crippen molar-refractivity contribution in [1.29, 1.82) is 0 Å². The van der Waals surface area contributed by atoms with Crippen LogP contribution in [0.4, 0.5) is 5.69 Å². The molecule has 0 aliphatic carbocycles. The Kier molecular flexibility index (Phi) is 7.71. The smallest absolute Gasteiger partial charge is 0.326 e. The van der Waals surface area contributed by atoms with Gasteiger partial charge in [0.1, 0.15) is 6.04 Å². The Labute approximate surface area is 152 Å². The number of hydrogen-bond donors (Lipinski definition) is 3. The molecule has 7 heteroatoms. The summed E-state index contributed by atoms with van der Waals surface area (Å²) in [7, 11) is 0. The largest absolute Gasteiger partial charge is 0.480 e. The first-order valence-corrected chi connectivity index (χ1v) is 8.29. The predicted octanol–water partition coefficient (Wildman–Crippen LogP) is 2.39. The molecule has 0 radical (unpaired) electrons. The summed E-state index contributed by atoms with van der Waals surface area (Å²) in [5, 5.41) is 14.2. The molecular weight excluding hydrogens is 336 g/mol. The van der Waals surface area contributed by atoms with Gasteiger partial charge in [-0.15, -0.1) is 0 Å². The number of aliphatic carboxylic acids is 1. The second kappa shape index (κ2) is 9.50. The molecule has 0 bridgehead atoms. The van der Waals surface area contributed by atoms with Gasteiger partial charge >= 0.3 is 5.97 Å². The number of rotatable bonds is 8. The highest BCUT2D eigenvalue weighted by Crippen LogP contribution is 2.12. The van der Waals surface area contributed by atoms with Crippen LogP contribution in [0, 0.1) is 5.92 Å². The number of hydrogen-bond acceptors (Lipinski definition) is 4. The molecule has 140 valence electrons. The lowest BCUT2D eigenvalue weighted by atomic mass is 9.99. The molecule has 0 saturated carbocycles. The van der Waals surface area contributed by atoms with Gasteiger partial charge in [-0.25, -0.2) is 4.79 Å². The topological polar surface area (TPSA) is 113 Å². The maximum absolute atomic E-state index is 12.1. The number of nitrogens with one attached hydrogen (secondary N) is 2. The van der Waals surface area contributed by atoms with E-state index in [0.717, 1.165) is 6.08 Å². The first-order valence-electron chi connectivity index (χ1n) is 8.29. The molecule has 0 aliphatic rings. The molecule has 1 aromatic rings. The number of benzene rings is 1. The molecule has 3 N–H and O–H groups in total. The monoisotopic (exact) mass is 360 g/mol. The number of carbonyl (C=O) groups is 4. The van der Waals surface area contributed by atoms with Gasteiger partial charge < -0.3 is 15.7 Å². The van der Waals surface area contributed by atoms with Gasteiger partial charge in [0.2, 0.25) is 5.91 Å². The lowest BCUT2D eigenvalue weighted by Gasteiger charge is -2.19. The third kappa shape index (κ3) is 6.16. The fourth-order valence-corrected chi connectivity index (χ4v) is 2.16. The van der Waals surface area contributed by atoms with Gasteiger partial charge in [0.25, 0.3) is 5.91 Å². The Bertz CT molecular complexity index is 722. The van der Waals surface area contributed by atoms with E-state index in [9.17, 15) is 24.3 Å². The Balaban J connectivity index is 2.75. The van der Waals surface area contributed by atoms with Crippen LogP contribution < -0.4 is 10.6 Å². The maximum atomic E-state index is 12.1. The molecule has 0 heterocycles. The Morgan fingerprint density at radius 3 is 2.15 bits per heavy atom. The second-order valence-electron chi connectivity index (χ2n) is 6.13. The van der Waals surface area contributed by atoms with E-state index in [4.69, 9.17) is 0 Å². The molecule has 2 atom stereocenters. The van der Waals surface area contributed by atoms with E-state index in [1.807, 2.05) is 6.92 Å². The minimum atomic E-state index is -1.12. The Hall–Kier alpha value is -2.96. The van der Waals surface area contributed by atoms with Crippen LogP contribution in [-0.2, 0) is 14.4 Å². The van der Waals surface area contributed by atoms with E-state index in [1.54, 1.807) is 31.2 Å². The summed E-state index contributed by atoms with van der Waals surface area (Å²) in [4.78, 5) is 46.6. The molecule has 2 amide bonds. The Morgan fingerprint density at radius 2 is 1.69 bits per heavy atom. The second-order valence-corrected chi connectivity index (χ2v) is 6.13. The van der Waals surface area contributed by atoms with Crippen molar-refractivity contribution in [2.45, 2.75) is 40.2 Å². The maximum Gasteiger partial charge on any atom is 0.326 e. The Morgan fingerprint density at radius 1 is 1.12 bits per heavy atom. The third-order valence-corrected chi connectivity index (χ3v) is 4.03. The molecule has 0 saturated heterocycles. The normalized spacial score (nSPS) is 13.5. The molecule has 1 aromatic carbocycles. The lowest BCUT2D eigenvalue weighted by Crippen LogP contribution is -2.44. The first-order chi connectivity index (χ1) is 12.1. The van der Waals surface area contributed by atoms with Crippen LogP contribution in [0.3, 0.4) is 0 Å². The van der Waals surface area contributed by atoms with E-state index in [-0.39, 0.29) is 17.3 Å². The van der Waals surface area contributed by atoms with Crippen molar-refractivity contribution in [2.24, 2.45) is 5.92 Å². The SMILES string of the molecule is CCC(C)C(NC(=O)/C=C(/C)C(=O)Nc1ccc(C(C)=O)cc1)C(=O)O. The molecular formula is C19H24N2O5. The van der Waals surface area contributed by atoms with Crippen LogP contribution in [0.1, 0.15) is 44.5 Å². The molecule has 7 nitrogen and oxygen atoms in total. The standard InChI is InChI=1S/C19H24N2O5/c1-5-11(2)17(19(25)26)21-16(23)10-12(3)18(24)20-15-8-6-14(7-9-15)13(4)22/h6-11,17H,5H2,1-4H3,(H,20,24)(H,21,23)(H,25,26)/b12-10-. The fourth-order valence-electron chi connectivity index (χ4n) is 2.16. The highest BCUT2D eigenvalue weighted by Gasteiger charge is 2.24. The predicted molar refractivity (Wildman–Crippen MR) is 97.9 cm³/mol. The summed E-state index contributed by atoms with van der Waals surface area (Å²) < 4.78 is 0. The van der Waals surface area contributed by atoms with Crippen molar-refractivity contribution in [3.63, 3.8) is 0 Å². The minimum absolute atomic E-state index is 0.0788. The quantitative estimate of drug-likeness (QED) is 0.487. The van der Waals surface area contributed by atoms with Gasteiger partial charge in [-0.2, -0.15) is 0 Å². The van der Waals surface area contributed by atoms with Crippen molar-refractivity contribution in [3.8, 4) is 0 Å². The van der Waals surface area contributed by atoms with Gasteiger partial charge in [0.15, 0.2) is 5.78 Å². The van der Waals surface area contributed by atoms with Crippen LogP contribution in [0.15, 0.2) is 35.9 Å². The number of ketones is 1. The molecule has 26 heavy (non-hydrogen) atoms.